The highest BCUT2D eigenvalue weighted by Gasteiger charge is 2.20. The maximum absolute atomic E-state index is 12.0. The first kappa shape index (κ1) is 17.0. The third-order valence-corrected chi connectivity index (χ3v) is 5.46. The lowest BCUT2D eigenvalue weighted by Crippen LogP contribution is -2.38. The van der Waals surface area contributed by atoms with E-state index in [1.807, 2.05) is 18.5 Å². The lowest BCUT2D eigenvalue weighted by molar-refractivity contribution is 0.0532. The number of anilines is 1. The van der Waals surface area contributed by atoms with Crippen LogP contribution in [0.25, 0.3) is 21.6 Å². The molecule has 8 heteroatoms. The lowest BCUT2D eigenvalue weighted by Gasteiger charge is -2.26. The number of ether oxygens (including phenoxy) is 1. The fourth-order valence-corrected chi connectivity index (χ4v) is 4.03. The van der Waals surface area contributed by atoms with Gasteiger partial charge in [0.05, 0.1) is 24.1 Å². The van der Waals surface area contributed by atoms with Gasteiger partial charge in [0.25, 0.3) is 0 Å². The second kappa shape index (κ2) is 7.43. The number of fused-ring (bicyclic) bond motifs is 1. The topological polar surface area (TPSA) is 91.9 Å². The Morgan fingerprint density at radius 3 is 3.15 bits per heavy atom. The van der Waals surface area contributed by atoms with Gasteiger partial charge in [-0.15, -0.1) is 11.3 Å². The predicted molar refractivity (Wildman–Crippen MR) is 103 cm³/mol. The second-order valence-corrected chi connectivity index (χ2v) is 7.26. The number of rotatable bonds is 5. The second-order valence-electron chi connectivity index (χ2n) is 6.22. The van der Waals surface area contributed by atoms with Crippen LogP contribution in [-0.4, -0.2) is 46.7 Å². The maximum atomic E-state index is 12.0. The molecule has 3 N–H and O–H groups in total. The normalized spacial score (nSPS) is 17.3. The molecule has 0 amide bonds. The van der Waals surface area contributed by atoms with Crippen molar-refractivity contribution in [3.63, 3.8) is 0 Å². The van der Waals surface area contributed by atoms with E-state index in [-0.39, 0.29) is 5.97 Å². The van der Waals surface area contributed by atoms with E-state index in [4.69, 9.17) is 4.74 Å². The Morgan fingerprint density at radius 1 is 1.42 bits per heavy atom. The van der Waals surface area contributed by atoms with Gasteiger partial charge in [0.1, 0.15) is 15.5 Å². The Bertz CT molecular complexity index is 913. The van der Waals surface area contributed by atoms with Gasteiger partial charge in [-0.2, -0.15) is 0 Å². The molecule has 7 nitrogen and oxygen atoms in total. The van der Waals surface area contributed by atoms with Gasteiger partial charge in [-0.1, -0.05) is 0 Å². The average Bonchev–Trinajstić information content (AvgIpc) is 3.33. The van der Waals surface area contributed by atoms with Gasteiger partial charge < -0.3 is 20.4 Å². The van der Waals surface area contributed by atoms with E-state index < -0.39 is 0 Å². The van der Waals surface area contributed by atoms with Crippen LogP contribution in [-0.2, 0) is 4.74 Å². The molecule has 0 aliphatic carbocycles. The number of nitrogens with one attached hydrogen (secondary N) is 3. The number of aromatic nitrogens is 3. The molecule has 4 rings (SSSR count). The lowest BCUT2D eigenvalue weighted by atomic mass is 10.1. The first-order valence-corrected chi connectivity index (χ1v) is 9.64. The molecule has 1 aliphatic rings. The van der Waals surface area contributed by atoms with E-state index in [0.717, 1.165) is 53.2 Å². The molecule has 0 saturated carbocycles. The average molecular weight is 371 g/mol. The Morgan fingerprint density at radius 2 is 2.35 bits per heavy atom. The summed E-state index contributed by atoms with van der Waals surface area (Å²) in [5.74, 6) is -0.335. The molecule has 0 aromatic carbocycles. The summed E-state index contributed by atoms with van der Waals surface area (Å²) in [4.78, 5) is 24.6. The molecule has 0 bridgehead atoms. The van der Waals surface area contributed by atoms with Gasteiger partial charge in [-0.25, -0.2) is 14.8 Å². The molecular weight excluding hydrogens is 350 g/mol. The molecule has 3 aromatic rings. The first-order chi connectivity index (χ1) is 12.8. The molecule has 0 unspecified atom stereocenters. The van der Waals surface area contributed by atoms with E-state index in [1.165, 1.54) is 11.3 Å². The summed E-state index contributed by atoms with van der Waals surface area (Å²) in [6, 6.07) is 2.37. The number of thiazole rings is 1. The Kier molecular flexibility index (Phi) is 4.85. The molecule has 26 heavy (non-hydrogen) atoms. The van der Waals surface area contributed by atoms with E-state index in [2.05, 4.69) is 25.6 Å². The molecule has 1 atom stereocenters. The number of carbonyl (C=O) groups is 1. The number of esters is 1. The van der Waals surface area contributed by atoms with E-state index in [1.54, 1.807) is 13.1 Å². The number of hydrogen-bond acceptors (Lipinski definition) is 7. The monoisotopic (exact) mass is 371 g/mol. The molecule has 0 spiro atoms. The van der Waals surface area contributed by atoms with Crippen LogP contribution in [0, 0.1) is 0 Å². The van der Waals surface area contributed by atoms with Crippen LogP contribution >= 0.6 is 11.3 Å². The molecule has 1 aliphatic heterocycles. The van der Waals surface area contributed by atoms with Gasteiger partial charge in [0.2, 0.25) is 0 Å². The van der Waals surface area contributed by atoms with Crippen LogP contribution in [0.15, 0.2) is 24.7 Å². The van der Waals surface area contributed by atoms with Crippen molar-refractivity contribution in [2.24, 2.45) is 0 Å². The maximum Gasteiger partial charge on any atom is 0.349 e. The van der Waals surface area contributed by atoms with Gasteiger partial charge in [0.15, 0.2) is 0 Å². The molecule has 4 heterocycles. The minimum Gasteiger partial charge on any atom is -0.462 e. The summed E-state index contributed by atoms with van der Waals surface area (Å²) in [6.45, 7) is 4.14. The molecule has 1 fully saturated rings. The summed E-state index contributed by atoms with van der Waals surface area (Å²) in [5, 5.41) is 8.89. The number of H-pyrrole nitrogens is 1. The predicted octanol–water partition coefficient (Wildman–Crippen LogP) is 3.03. The molecule has 0 radical (unpaired) electrons. The van der Waals surface area contributed by atoms with Crippen LogP contribution in [0.3, 0.4) is 0 Å². The van der Waals surface area contributed by atoms with Gasteiger partial charge >= 0.3 is 5.97 Å². The highest BCUT2D eigenvalue weighted by atomic mass is 32.1. The molecule has 1 saturated heterocycles. The number of hydrogen-bond donors (Lipinski definition) is 3. The van der Waals surface area contributed by atoms with Crippen molar-refractivity contribution in [3.8, 4) is 10.6 Å². The number of pyridine rings is 1. The fourth-order valence-electron chi connectivity index (χ4n) is 3.20. The molecular formula is C18H21N5O2S. The van der Waals surface area contributed by atoms with Gasteiger partial charge in [-0.05, 0) is 32.4 Å². The Hall–Kier alpha value is -2.45. The third kappa shape index (κ3) is 3.30. The standard InChI is InChI=1S/C18H21N5O2S/c1-2-25-18(24)14-10-22-17(26-14)13-9-21-16-12(5-7-20-16)15(13)23-11-4-3-6-19-8-11/h5,7,9-11,19H,2-4,6,8H2,1H3,(H2,20,21,23)/t11-/m1/s1. The Balaban J connectivity index is 1.72. The summed E-state index contributed by atoms with van der Waals surface area (Å²) >= 11 is 1.33. The van der Waals surface area contributed by atoms with E-state index >= 15 is 0 Å². The summed E-state index contributed by atoms with van der Waals surface area (Å²) in [7, 11) is 0. The van der Waals surface area contributed by atoms with Crippen LogP contribution in [0.2, 0.25) is 0 Å². The summed E-state index contributed by atoms with van der Waals surface area (Å²) in [5.41, 5.74) is 2.75. The summed E-state index contributed by atoms with van der Waals surface area (Å²) < 4.78 is 5.07. The zero-order valence-electron chi connectivity index (χ0n) is 14.5. The number of piperidine rings is 1. The van der Waals surface area contributed by atoms with E-state index in [9.17, 15) is 4.79 Å². The minimum atomic E-state index is -0.335. The van der Waals surface area contributed by atoms with Crippen molar-refractivity contribution in [2.45, 2.75) is 25.8 Å². The fraction of sp³-hybridized carbons (Fsp3) is 0.389. The van der Waals surface area contributed by atoms with Gasteiger partial charge in [0, 0.05) is 30.4 Å². The van der Waals surface area contributed by atoms with Crippen molar-refractivity contribution in [3.05, 3.63) is 29.5 Å². The first-order valence-electron chi connectivity index (χ1n) is 8.83. The van der Waals surface area contributed by atoms with Crippen LogP contribution < -0.4 is 10.6 Å². The highest BCUT2D eigenvalue weighted by Crippen LogP contribution is 2.36. The molecule has 3 aromatic heterocycles. The van der Waals surface area contributed by atoms with E-state index in [0.29, 0.717) is 17.5 Å². The highest BCUT2D eigenvalue weighted by molar-refractivity contribution is 7.16. The van der Waals surface area contributed by atoms with Crippen LogP contribution in [0.5, 0.6) is 0 Å². The van der Waals surface area contributed by atoms with Crippen molar-refractivity contribution >= 4 is 34.0 Å². The minimum absolute atomic E-state index is 0.335. The zero-order valence-corrected chi connectivity index (χ0v) is 15.4. The van der Waals surface area contributed by atoms with Crippen LogP contribution in [0.1, 0.15) is 29.4 Å². The van der Waals surface area contributed by atoms with Crippen LogP contribution in [0.4, 0.5) is 5.69 Å². The Labute approximate surface area is 155 Å². The SMILES string of the molecule is CCOC(=O)c1cnc(-c2cnc3[nH]ccc3c2N[C@@H]2CCCNC2)s1. The third-order valence-electron chi connectivity index (χ3n) is 4.44. The quantitative estimate of drug-likeness (QED) is 0.597. The zero-order chi connectivity index (χ0) is 17.9. The number of aromatic amines is 1. The van der Waals surface area contributed by atoms with Crippen molar-refractivity contribution in [2.75, 3.05) is 25.0 Å². The van der Waals surface area contributed by atoms with Crippen molar-refractivity contribution < 1.29 is 9.53 Å². The van der Waals surface area contributed by atoms with Crippen molar-refractivity contribution in [1.29, 1.82) is 0 Å². The summed E-state index contributed by atoms with van der Waals surface area (Å²) in [6.07, 6.45) is 7.54. The van der Waals surface area contributed by atoms with Gasteiger partial charge in [-0.3, -0.25) is 0 Å². The number of nitrogens with zero attached hydrogens (tertiary/aromatic N) is 2. The molecule has 136 valence electrons. The smallest absolute Gasteiger partial charge is 0.349 e. The largest absolute Gasteiger partial charge is 0.462 e. The number of carbonyl (C=O) groups excluding carboxylic acids is 1. The van der Waals surface area contributed by atoms with Crippen molar-refractivity contribution in [1.82, 2.24) is 20.3 Å².